The lowest BCUT2D eigenvalue weighted by atomic mass is 9.85. The zero-order valence-electron chi connectivity index (χ0n) is 44.5. The van der Waals surface area contributed by atoms with Gasteiger partial charge in [-0.15, -0.1) is 44.6 Å². The van der Waals surface area contributed by atoms with Gasteiger partial charge in [-0.05, 0) is 68.4 Å². The highest BCUT2D eigenvalue weighted by atomic mass is 35.5. The number of primary amides is 1. The van der Waals surface area contributed by atoms with Crippen LogP contribution in [-0.2, 0) is 38.4 Å². The maximum atomic E-state index is 14.4. The molecule has 2 fully saturated rings. The molecule has 3 aliphatic heterocycles. The normalized spacial score (nSPS) is 22.8. The van der Waals surface area contributed by atoms with E-state index >= 15 is 0 Å². The summed E-state index contributed by atoms with van der Waals surface area (Å²) >= 11 is 10.2. The second kappa shape index (κ2) is 24.5. The predicted octanol–water partition coefficient (Wildman–Crippen LogP) is 2.80. The number of carbonyl (C=O) groups excluding carboxylic acids is 8. The Hall–Kier alpha value is -7.06. The number of benzene rings is 2. The van der Waals surface area contributed by atoms with Gasteiger partial charge in [-0.25, -0.2) is 4.98 Å². The van der Waals surface area contributed by atoms with Gasteiger partial charge in [0.1, 0.15) is 47.1 Å². The van der Waals surface area contributed by atoms with Gasteiger partial charge in [-0.2, -0.15) is 0 Å². The highest BCUT2D eigenvalue weighted by Crippen LogP contribution is 2.40. The summed E-state index contributed by atoms with van der Waals surface area (Å²) in [6.07, 6.45) is -1.70. The first kappa shape index (κ1) is 58.1. The molecule has 9 N–H and O–H groups in total. The molecular formula is C53H62ClN13O9S3. The number of aromatic nitrogens is 4. The van der Waals surface area contributed by atoms with Crippen molar-refractivity contribution in [3.05, 3.63) is 104 Å². The Bertz CT molecular complexity index is 3210. The summed E-state index contributed by atoms with van der Waals surface area (Å²) in [5, 5.41) is 37.2. The first-order valence-corrected chi connectivity index (χ1v) is 28.7. The Morgan fingerprint density at radius 3 is 2.27 bits per heavy atom. The van der Waals surface area contributed by atoms with Gasteiger partial charge in [0.2, 0.25) is 47.3 Å². The number of thiazole rings is 1. The second-order valence-corrected chi connectivity index (χ2v) is 24.2. The molecule has 6 heterocycles. The van der Waals surface area contributed by atoms with Crippen LogP contribution in [0.2, 0.25) is 5.02 Å². The monoisotopic (exact) mass is 1160 g/mol. The number of aryl methyl sites for hydroxylation is 3. The molecule has 0 aliphatic carbocycles. The van der Waals surface area contributed by atoms with Gasteiger partial charge in [0.05, 0.1) is 46.6 Å². The van der Waals surface area contributed by atoms with Gasteiger partial charge in [0, 0.05) is 46.3 Å². The fraction of sp³-hybridized carbons (Fsp3) is 0.434. The van der Waals surface area contributed by atoms with E-state index in [0.717, 1.165) is 54.5 Å². The van der Waals surface area contributed by atoms with Crippen LogP contribution in [0.3, 0.4) is 0 Å². The van der Waals surface area contributed by atoms with Gasteiger partial charge >= 0.3 is 0 Å². The van der Waals surface area contributed by atoms with Crippen molar-refractivity contribution in [1.82, 2.24) is 56.5 Å². The van der Waals surface area contributed by atoms with E-state index in [0.29, 0.717) is 27.9 Å². The number of nitrogens with zero attached hydrogens (tertiary/aromatic N) is 6. The Morgan fingerprint density at radius 1 is 0.886 bits per heavy atom. The van der Waals surface area contributed by atoms with Crippen molar-refractivity contribution in [2.24, 2.45) is 16.1 Å². The third-order valence-corrected chi connectivity index (χ3v) is 17.3. The fourth-order valence-corrected chi connectivity index (χ4v) is 12.5. The number of carbonyl (C=O) groups is 8. The molecule has 8 rings (SSSR count). The van der Waals surface area contributed by atoms with Gasteiger partial charge < -0.3 is 47.6 Å². The molecule has 3 aliphatic rings. The van der Waals surface area contributed by atoms with E-state index in [9.17, 15) is 43.5 Å². The number of hydrogen-bond acceptors (Lipinski definition) is 16. The molecule has 0 saturated carbocycles. The van der Waals surface area contributed by atoms with Crippen molar-refractivity contribution >= 4 is 99.0 Å². The number of thiophene rings is 1. The lowest BCUT2D eigenvalue weighted by Gasteiger charge is -2.35. The molecule has 22 nitrogen and oxygen atoms in total. The summed E-state index contributed by atoms with van der Waals surface area (Å²) in [6, 6.07) is 6.52. The SMILES string of the molecule is Cc1ncsc1-c1ccc([C@H]2NC(=O)[C@@H]3C[C@@H](O)CN3C(=O)[C@H](C(C)(C)C)NC(=O)CSC[C@H](C(N)=O)NC(=O)[C@@H](CCNC(=O)C[C@@H]3N=C(c4ccc(Cl)cc4)c4c(sc(C)c4C)-n4c(C)nnc43)NC(=O)CNC2=O)cc1. The number of aliphatic hydroxyl groups is 1. The summed E-state index contributed by atoms with van der Waals surface area (Å²) < 4.78 is 1.91. The Labute approximate surface area is 472 Å². The van der Waals surface area contributed by atoms with E-state index in [1.807, 2.05) is 44.4 Å². The lowest BCUT2D eigenvalue weighted by molar-refractivity contribution is -0.144. The van der Waals surface area contributed by atoms with Crippen LogP contribution < -0.4 is 37.6 Å². The van der Waals surface area contributed by atoms with Crippen LogP contribution in [0, 0.1) is 33.1 Å². The van der Waals surface area contributed by atoms with Crippen LogP contribution in [0.25, 0.3) is 15.4 Å². The van der Waals surface area contributed by atoms with Crippen molar-refractivity contribution in [3.8, 4) is 15.4 Å². The van der Waals surface area contributed by atoms with Crippen LogP contribution in [-0.4, -0.2) is 144 Å². The number of rotatable bonds is 9. The van der Waals surface area contributed by atoms with E-state index in [-0.39, 0.29) is 43.9 Å². The maximum Gasteiger partial charge on any atom is 0.247 e. The molecule has 3 aromatic heterocycles. The van der Waals surface area contributed by atoms with Gasteiger partial charge in [-0.1, -0.05) is 68.8 Å². The molecule has 5 aromatic rings. The summed E-state index contributed by atoms with van der Waals surface area (Å²) in [7, 11) is 0. The zero-order chi connectivity index (χ0) is 57.0. The average Bonchev–Trinajstić information content (AvgIpc) is 4.31. The minimum absolute atomic E-state index is 0.173. The van der Waals surface area contributed by atoms with E-state index in [2.05, 4.69) is 47.1 Å². The van der Waals surface area contributed by atoms with E-state index in [1.165, 1.54) is 16.2 Å². The quantitative estimate of drug-likeness (QED) is 0.105. The Balaban J connectivity index is 1.05. The number of halogens is 1. The predicted molar refractivity (Wildman–Crippen MR) is 300 cm³/mol. The van der Waals surface area contributed by atoms with Crippen LogP contribution >= 0.6 is 46.0 Å². The molecule has 7 atom stereocenters. The Kier molecular flexibility index (Phi) is 18.0. The van der Waals surface area contributed by atoms with E-state index in [1.54, 1.807) is 74.0 Å². The van der Waals surface area contributed by atoms with Crippen LogP contribution in [0.5, 0.6) is 0 Å². The summed E-state index contributed by atoms with van der Waals surface area (Å²) in [6.45, 7) is 11.8. The molecular weight excluding hydrogens is 1090 g/mol. The van der Waals surface area contributed by atoms with Crippen molar-refractivity contribution in [2.75, 3.05) is 31.1 Å². The third-order valence-electron chi connectivity index (χ3n) is 13.8. The summed E-state index contributed by atoms with van der Waals surface area (Å²) in [4.78, 5) is 124. The number of aliphatic imine (C=N–C) groups is 1. The molecule has 418 valence electrons. The van der Waals surface area contributed by atoms with Crippen LogP contribution in [0.15, 0.2) is 59.0 Å². The van der Waals surface area contributed by atoms with Crippen LogP contribution in [0.4, 0.5) is 0 Å². The van der Waals surface area contributed by atoms with E-state index in [4.69, 9.17) is 22.3 Å². The van der Waals surface area contributed by atoms with Crippen molar-refractivity contribution < 1.29 is 43.5 Å². The third kappa shape index (κ3) is 13.3. The molecule has 0 unspecified atom stereocenters. The number of hydrogen-bond donors (Lipinski definition) is 8. The smallest absolute Gasteiger partial charge is 0.247 e. The first-order valence-electron chi connectivity index (χ1n) is 25.4. The molecule has 26 heteroatoms. The number of nitrogens with two attached hydrogens (primary N) is 1. The standard InChI is InChI=1S/C53H62ClN13O9S3/c1-25-27(3)79-52-41(25)42(29-12-14-32(54)15-13-29)60-35(47-65-64-28(4)67(47)52)19-38(69)56-17-16-34-48(73)61-36(46(55)72)22-77-23-40(71)62-45(53(5,6)7)51(76)66-21-33(68)18-37(66)49(74)63-43(50(75)57-20-39(70)59-34)30-8-10-31(11-9-30)44-26(2)58-24-78-44/h8-15,24,33-37,43,45,68H,16-23H2,1-7H3,(H2,55,72)(H,56,69)(H,57,75)(H,59,70)(H,61,73)(H,62,71)(H,63,74)/t33-,34-,35+,36-,37+,43-,45-/m1/s1. The minimum Gasteiger partial charge on any atom is -0.391 e. The van der Waals surface area contributed by atoms with Gasteiger partial charge in [-0.3, -0.25) is 47.9 Å². The van der Waals surface area contributed by atoms with Crippen molar-refractivity contribution in [1.29, 1.82) is 0 Å². The van der Waals surface area contributed by atoms with Crippen molar-refractivity contribution in [3.63, 3.8) is 0 Å². The Morgan fingerprint density at radius 2 is 1.59 bits per heavy atom. The largest absolute Gasteiger partial charge is 0.391 e. The maximum absolute atomic E-state index is 14.4. The number of thioether (sulfide) groups is 1. The number of fused-ring (bicyclic) bond motifs is 4. The first-order chi connectivity index (χ1) is 37.5. The molecule has 79 heavy (non-hydrogen) atoms. The van der Waals surface area contributed by atoms with Crippen LogP contribution in [0.1, 0.15) is 96.6 Å². The zero-order valence-corrected chi connectivity index (χ0v) is 47.7. The average molecular weight is 1160 g/mol. The lowest BCUT2D eigenvalue weighted by Crippen LogP contribution is -2.58. The minimum atomic E-state index is -1.44. The number of amides is 8. The molecule has 2 aromatic carbocycles. The number of nitrogens with one attached hydrogen (secondary N) is 6. The van der Waals surface area contributed by atoms with E-state index < -0.39 is 102 Å². The topological polar surface area (TPSA) is 314 Å². The highest BCUT2D eigenvalue weighted by Gasteiger charge is 2.45. The molecule has 0 bridgehead atoms. The summed E-state index contributed by atoms with van der Waals surface area (Å²) in [5.74, 6) is -5.46. The molecule has 2 saturated heterocycles. The summed E-state index contributed by atoms with van der Waals surface area (Å²) in [5.41, 5.74) is 11.8. The second-order valence-electron chi connectivity index (χ2n) is 20.7. The van der Waals surface area contributed by atoms with Gasteiger partial charge in [0.15, 0.2) is 5.82 Å². The fourth-order valence-electron chi connectivity index (χ4n) is 9.52. The molecule has 8 amide bonds. The molecule has 0 radical (unpaired) electrons. The highest BCUT2D eigenvalue weighted by molar-refractivity contribution is 8.00. The van der Waals surface area contributed by atoms with Gasteiger partial charge in [0.25, 0.3) is 0 Å². The molecule has 0 spiro atoms. The van der Waals surface area contributed by atoms with Crippen molar-refractivity contribution in [2.45, 2.75) is 110 Å². The number of aliphatic hydroxyl groups excluding tert-OH is 1.